The summed E-state index contributed by atoms with van der Waals surface area (Å²) < 4.78 is 42.5. The van der Waals surface area contributed by atoms with Crippen molar-refractivity contribution in [1.82, 2.24) is 10.0 Å². The zero-order valence-corrected chi connectivity index (χ0v) is 18.6. The molecule has 9 nitrogen and oxygen atoms in total. The van der Waals surface area contributed by atoms with E-state index in [1.165, 1.54) is 40.4 Å². The van der Waals surface area contributed by atoms with Crippen LogP contribution in [0.3, 0.4) is 0 Å². The van der Waals surface area contributed by atoms with E-state index in [1.807, 2.05) is 0 Å². The lowest BCUT2D eigenvalue weighted by molar-refractivity contribution is -0.141. The van der Waals surface area contributed by atoms with Gasteiger partial charge < -0.3 is 19.5 Å². The summed E-state index contributed by atoms with van der Waals surface area (Å²) >= 11 is 0. The van der Waals surface area contributed by atoms with Crippen molar-refractivity contribution in [3.63, 3.8) is 0 Å². The standard InChI is InChI=1S/C21H26N2O7S/c1-14(23-31(26,27)16-8-6-5-7-9-16)21(25)22-17(13-20(24)30-4)15-10-11-18(28-2)19(12-15)29-3/h5-12,14,17,23H,13H2,1-4H3,(H,22,25)/t14-,17?/m0/s1. The maximum Gasteiger partial charge on any atom is 0.307 e. The summed E-state index contributed by atoms with van der Waals surface area (Å²) in [5.41, 5.74) is 0.564. The second kappa shape index (κ2) is 10.8. The molecule has 0 spiro atoms. The molecule has 0 heterocycles. The van der Waals surface area contributed by atoms with Crippen LogP contribution in [-0.4, -0.2) is 47.7 Å². The number of benzene rings is 2. The fourth-order valence-electron chi connectivity index (χ4n) is 2.82. The van der Waals surface area contributed by atoms with Gasteiger partial charge in [-0.1, -0.05) is 24.3 Å². The average Bonchev–Trinajstić information content (AvgIpc) is 2.78. The molecule has 2 atom stereocenters. The Balaban J connectivity index is 2.22. The van der Waals surface area contributed by atoms with Gasteiger partial charge in [-0.05, 0) is 36.8 Å². The molecule has 0 radical (unpaired) electrons. The summed E-state index contributed by atoms with van der Waals surface area (Å²) in [6.07, 6.45) is -0.157. The lowest BCUT2D eigenvalue weighted by Crippen LogP contribution is -2.46. The van der Waals surface area contributed by atoms with Gasteiger partial charge in [0.2, 0.25) is 15.9 Å². The first-order valence-corrected chi connectivity index (χ1v) is 10.9. The molecular weight excluding hydrogens is 424 g/mol. The van der Waals surface area contributed by atoms with Crippen molar-refractivity contribution < 1.29 is 32.2 Å². The number of nitrogens with one attached hydrogen (secondary N) is 2. The number of rotatable bonds is 10. The minimum absolute atomic E-state index is 0.0423. The number of esters is 1. The third-order valence-electron chi connectivity index (χ3n) is 4.50. The molecule has 0 bridgehead atoms. The Morgan fingerprint density at radius 2 is 1.61 bits per heavy atom. The number of ether oxygens (including phenoxy) is 3. The van der Waals surface area contributed by atoms with Crippen molar-refractivity contribution in [2.24, 2.45) is 0 Å². The van der Waals surface area contributed by atoms with Crippen LogP contribution in [0.5, 0.6) is 11.5 Å². The van der Waals surface area contributed by atoms with Crippen molar-refractivity contribution >= 4 is 21.9 Å². The number of methoxy groups -OCH3 is 3. The first-order chi connectivity index (χ1) is 14.7. The van der Waals surface area contributed by atoms with Gasteiger partial charge in [-0.25, -0.2) is 8.42 Å². The van der Waals surface area contributed by atoms with Crippen LogP contribution in [0, 0.1) is 0 Å². The van der Waals surface area contributed by atoms with Gasteiger partial charge >= 0.3 is 5.97 Å². The predicted octanol–water partition coefficient (Wildman–Crippen LogP) is 1.79. The highest BCUT2D eigenvalue weighted by Gasteiger charge is 2.26. The van der Waals surface area contributed by atoms with E-state index in [-0.39, 0.29) is 11.3 Å². The largest absolute Gasteiger partial charge is 0.493 e. The highest BCUT2D eigenvalue weighted by atomic mass is 32.2. The number of sulfonamides is 1. The molecule has 0 saturated carbocycles. The van der Waals surface area contributed by atoms with Gasteiger partial charge in [0.15, 0.2) is 11.5 Å². The van der Waals surface area contributed by atoms with Gasteiger partial charge in [-0.15, -0.1) is 0 Å². The van der Waals surface area contributed by atoms with Gasteiger partial charge in [0, 0.05) is 0 Å². The minimum Gasteiger partial charge on any atom is -0.493 e. The van der Waals surface area contributed by atoms with Crippen LogP contribution < -0.4 is 19.5 Å². The van der Waals surface area contributed by atoms with Crippen LogP contribution in [0.4, 0.5) is 0 Å². The van der Waals surface area contributed by atoms with E-state index >= 15 is 0 Å². The van der Waals surface area contributed by atoms with Crippen LogP contribution >= 0.6 is 0 Å². The Morgan fingerprint density at radius 3 is 2.19 bits per heavy atom. The van der Waals surface area contributed by atoms with Gasteiger partial charge in [0.05, 0.1) is 44.7 Å². The quantitative estimate of drug-likeness (QED) is 0.530. The van der Waals surface area contributed by atoms with Gasteiger partial charge in [-0.2, -0.15) is 4.72 Å². The second-order valence-corrected chi connectivity index (χ2v) is 8.33. The zero-order valence-electron chi connectivity index (χ0n) is 17.7. The van der Waals surface area contributed by atoms with Gasteiger partial charge in [0.1, 0.15) is 0 Å². The number of amides is 1. The molecule has 10 heteroatoms. The first kappa shape index (κ1) is 24.2. The average molecular weight is 451 g/mol. The molecule has 0 aliphatic carbocycles. The van der Waals surface area contributed by atoms with E-state index in [2.05, 4.69) is 10.0 Å². The van der Waals surface area contributed by atoms with Crippen molar-refractivity contribution in [1.29, 1.82) is 0 Å². The number of hydrogen-bond acceptors (Lipinski definition) is 7. The van der Waals surface area contributed by atoms with Crippen molar-refractivity contribution in [2.45, 2.75) is 30.3 Å². The summed E-state index contributed by atoms with van der Waals surface area (Å²) in [5, 5.41) is 2.70. The third-order valence-corrected chi connectivity index (χ3v) is 6.06. The molecule has 0 aliphatic heterocycles. The predicted molar refractivity (Wildman–Crippen MR) is 113 cm³/mol. The highest BCUT2D eigenvalue weighted by Crippen LogP contribution is 2.31. The summed E-state index contributed by atoms with van der Waals surface area (Å²) in [5.74, 6) is -0.249. The topological polar surface area (TPSA) is 120 Å². The Kier molecular flexibility index (Phi) is 8.40. The van der Waals surface area contributed by atoms with Crippen LogP contribution in [0.15, 0.2) is 53.4 Å². The van der Waals surface area contributed by atoms with Crippen LogP contribution in [-0.2, 0) is 24.3 Å². The maximum absolute atomic E-state index is 12.7. The lowest BCUT2D eigenvalue weighted by atomic mass is 10.0. The minimum atomic E-state index is -3.89. The fourth-order valence-corrected chi connectivity index (χ4v) is 4.05. The van der Waals surface area contributed by atoms with Gasteiger partial charge in [-0.3, -0.25) is 9.59 Å². The Bertz CT molecular complexity index is 1010. The molecule has 0 aliphatic rings. The summed E-state index contributed by atoms with van der Waals surface area (Å²) in [6, 6.07) is 10.8. The van der Waals surface area contributed by atoms with Crippen LogP contribution in [0.1, 0.15) is 24.9 Å². The molecule has 0 aromatic heterocycles. The van der Waals surface area contributed by atoms with E-state index in [1.54, 1.807) is 36.4 Å². The molecule has 31 heavy (non-hydrogen) atoms. The first-order valence-electron chi connectivity index (χ1n) is 9.38. The number of carbonyl (C=O) groups excluding carboxylic acids is 2. The molecular formula is C21H26N2O7S. The molecule has 2 N–H and O–H groups in total. The SMILES string of the molecule is COC(=O)CC(NC(=O)[C@H](C)NS(=O)(=O)c1ccccc1)c1ccc(OC)c(OC)c1. The van der Waals surface area contributed by atoms with Crippen molar-refractivity contribution in [2.75, 3.05) is 21.3 Å². The fraction of sp³-hybridized carbons (Fsp3) is 0.333. The highest BCUT2D eigenvalue weighted by molar-refractivity contribution is 7.89. The zero-order chi connectivity index (χ0) is 23.0. The van der Waals surface area contributed by atoms with E-state index in [0.29, 0.717) is 17.1 Å². The van der Waals surface area contributed by atoms with Crippen LogP contribution in [0.2, 0.25) is 0 Å². The molecule has 0 fully saturated rings. The monoisotopic (exact) mass is 450 g/mol. The Morgan fingerprint density at radius 1 is 0.968 bits per heavy atom. The van der Waals surface area contributed by atoms with Crippen molar-refractivity contribution in [3.8, 4) is 11.5 Å². The molecule has 1 unspecified atom stereocenters. The number of carbonyl (C=O) groups is 2. The second-order valence-electron chi connectivity index (χ2n) is 6.61. The van der Waals surface area contributed by atoms with E-state index < -0.39 is 34.0 Å². The van der Waals surface area contributed by atoms with E-state index in [9.17, 15) is 18.0 Å². The smallest absolute Gasteiger partial charge is 0.307 e. The molecule has 2 aromatic carbocycles. The summed E-state index contributed by atoms with van der Waals surface area (Å²) in [4.78, 5) is 24.7. The molecule has 1 amide bonds. The van der Waals surface area contributed by atoms with Gasteiger partial charge in [0.25, 0.3) is 0 Å². The maximum atomic E-state index is 12.7. The van der Waals surface area contributed by atoms with Crippen molar-refractivity contribution in [3.05, 3.63) is 54.1 Å². The summed E-state index contributed by atoms with van der Waals surface area (Å²) in [6.45, 7) is 1.42. The third kappa shape index (κ3) is 6.43. The Hall–Kier alpha value is -3.11. The molecule has 0 saturated heterocycles. The van der Waals surface area contributed by atoms with Crippen LogP contribution in [0.25, 0.3) is 0 Å². The van der Waals surface area contributed by atoms with E-state index in [4.69, 9.17) is 14.2 Å². The normalized spacial score (nSPS) is 13.0. The summed E-state index contributed by atoms with van der Waals surface area (Å²) in [7, 11) is 0.311. The lowest BCUT2D eigenvalue weighted by Gasteiger charge is -2.22. The molecule has 2 aromatic rings. The molecule has 2 rings (SSSR count). The number of hydrogen-bond donors (Lipinski definition) is 2. The van der Waals surface area contributed by atoms with E-state index in [0.717, 1.165) is 0 Å². The molecule has 168 valence electrons. The Labute approximate surface area is 181 Å².